The van der Waals surface area contributed by atoms with Crippen molar-refractivity contribution in [1.29, 1.82) is 0 Å². The Bertz CT molecular complexity index is 1770. The topological polar surface area (TPSA) is 88.4 Å². The molecule has 1 aromatic carbocycles. The Morgan fingerprint density at radius 3 is 2.74 bits per heavy atom. The minimum absolute atomic E-state index is 0.127. The number of aryl methyl sites for hydroxylation is 1. The fourth-order valence-electron chi connectivity index (χ4n) is 7.18. The van der Waals surface area contributed by atoms with Crippen LogP contribution >= 0.6 is 0 Å². The average Bonchev–Trinajstić information content (AvgIpc) is 3.43. The van der Waals surface area contributed by atoms with E-state index < -0.39 is 0 Å². The molecule has 1 amide bonds. The van der Waals surface area contributed by atoms with Crippen molar-refractivity contribution >= 4 is 27.7 Å². The highest BCUT2D eigenvalue weighted by atomic mass is 16.5. The number of benzene rings is 1. The smallest absolute Gasteiger partial charge is 0.242 e. The highest BCUT2D eigenvalue weighted by Crippen LogP contribution is 2.36. The predicted octanol–water partition coefficient (Wildman–Crippen LogP) is 5.29. The number of morpholine rings is 1. The number of rotatable bonds is 12. The van der Waals surface area contributed by atoms with Gasteiger partial charge in [0.15, 0.2) is 0 Å². The van der Waals surface area contributed by atoms with Crippen LogP contribution in [0.4, 0.5) is 0 Å². The van der Waals surface area contributed by atoms with Gasteiger partial charge in [-0.15, -0.1) is 0 Å². The third kappa shape index (κ3) is 6.67. The quantitative estimate of drug-likeness (QED) is 0.191. The number of hydrogen-bond acceptors (Lipinski definition) is 7. The lowest BCUT2D eigenvalue weighted by Gasteiger charge is -2.35. The van der Waals surface area contributed by atoms with Gasteiger partial charge in [-0.25, -0.2) is 0 Å². The number of carbonyl (C=O) groups excluding carboxylic acids is 1. The maximum atomic E-state index is 13.6. The van der Waals surface area contributed by atoms with Crippen LogP contribution in [0, 0.1) is 0 Å². The van der Waals surface area contributed by atoms with Gasteiger partial charge in [-0.3, -0.25) is 24.6 Å². The van der Waals surface area contributed by atoms with Gasteiger partial charge in [-0.2, -0.15) is 0 Å². The highest BCUT2D eigenvalue weighted by molar-refractivity contribution is 6.09. The van der Waals surface area contributed by atoms with Crippen LogP contribution in [0.15, 0.2) is 79.4 Å². The van der Waals surface area contributed by atoms with E-state index in [0.29, 0.717) is 39.4 Å². The molecule has 1 atom stereocenters. The van der Waals surface area contributed by atoms with Crippen molar-refractivity contribution in [3.05, 3.63) is 102 Å². The Kier molecular flexibility index (Phi) is 9.60. The number of amides is 1. The third-order valence-corrected chi connectivity index (χ3v) is 9.47. The highest BCUT2D eigenvalue weighted by Gasteiger charge is 2.29. The maximum Gasteiger partial charge on any atom is 0.242 e. The number of hydrogen-bond donors (Lipinski definition) is 1. The Labute approximate surface area is 270 Å². The molecule has 2 aliphatic rings. The van der Waals surface area contributed by atoms with Gasteiger partial charge in [0.25, 0.3) is 0 Å². The normalized spacial score (nSPS) is 16.7. The zero-order chi connectivity index (χ0) is 31.1. The maximum absolute atomic E-state index is 13.6. The second kappa shape index (κ2) is 14.5. The summed E-state index contributed by atoms with van der Waals surface area (Å²) in [5.41, 5.74) is 6.92. The van der Waals surface area contributed by atoms with Crippen LogP contribution < -0.4 is 5.32 Å². The average molecular weight is 618 g/mol. The second-order valence-corrected chi connectivity index (χ2v) is 12.4. The largest absolute Gasteiger partial charge is 0.378 e. The van der Waals surface area contributed by atoms with Crippen molar-refractivity contribution in [2.75, 3.05) is 39.4 Å². The van der Waals surface area contributed by atoms with Crippen LogP contribution in [-0.4, -0.2) is 74.6 Å². The molecule has 46 heavy (non-hydrogen) atoms. The summed E-state index contributed by atoms with van der Waals surface area (Å²) < 4.78 is 7.72. The van der Waals surface area contributed by atoms with Gasteiger partial charge in [0.1, 0.15) is 6.54 Å². The van der Waals surface area contributed by atoms with Crippen LogP contribution in [-0.2, 0) is 35.6 Å². The van der Waals surface area contributed by atoms with Crippen LogP contribution in [0.25, 0.3) is 21.8 Å². The Hall–Kier alpha value is -4.18. The molecule has 1 aliphatic heterocycles. The summed E-state index contributed by atoms with van der Waals surface area (Å²) in [7, 11) is 0. The molecule has 0 bridgehead atoms. The number of nitrogens with one attached hydrogen (secondary N) is 1. The Balaban J connectivity index is 1.17. The molecule has 0 spiro atoms. The van der Waals surface area contributed by atoms with Crippen molar-refractivity contribution in [3.63, 3.8) is 0 Å². The van der Waals surface area contributed by atoms with Crippen LogP contribution in [0.3, 0.4) is 0 Å². The second-order valence-electron chi connectivity index (χ2n) is 12.4. The number of ether oxygens (including phenoxy) is 1. The summed E-state index contributed by atoms with van der Waals surface area (Å²) in [5, 5.41) is 5.89. The van der Waals surface area contributed by atoms with Gasteiger partial charge in [0, 0.05) is 67.3 Å². The molecular weight excluding hydrogens is 574 g/mol. The molecule has 9 nitrogen and oxygen atoms in total. The van der Waals surface area contributed by atoms with E-state index in [9.17, 15) is 4.79 Å². The first-order valence-electron chi connectivity index (χ1n) is 16.7. The molecule has 0 unspecified atom stereocenters. The first-order valence-corrected chi connectivity index (χ1v) is 16.7. The number of fused-ring (bicyclic) bond motifs is 4. The van der Waals surface area contributed by atoms with E-state index in [1.807, 2.05) is 35.8 Å². The van der Waals surface area contributed by atoms with Crippen molar-refractivity contribution in [3.8, 4) is 0 Å². The monoisotopic (exact) mass is 617 g/mol. The number of nitrogens with zero attached hydrogens (tertiary/aromatic N) is 6. The molecule has 9 heteroatoms. The molecule has 1 fully saturated rings. The predicted molar refractivity (Wildman–Crippen MR) is 180 cm³/mol. The number of pyridine rings is 3. The SMILES string of the molecule is O=C(Cn1c2ccccc2c2ccnc(CN(CCCCNCc3cccnc3)[C@H]3CCCc4cccnc43)c21)N1CCOCC1. The number of unbranched alkanes of at least 4 members (excludes halogenated alkanes) is 1. The molecule has 7 rings (SSSR count). The number of aromatic nitrogens is 4. The molecule has 1 saturated heterocycles. The van der Waals surface area contributed by atoms with E-state index >= 15 is 0 Å². The van der Waals surface area contributed by atoms with Crippen molar-refractivity contribution in [1.82, 2.24) is 34.6 Å². The Morgan fingerprint density at radius 2 is 1.85 bits per heavy atom. The summed E-state index contributed by atoms with van der Waals surface area (Å²) in [6.07, 6.45) is 13.1. The molecule has 0 saturated carbocycles. The van der Waals surface area contributed by atoms with Crippen molar-refractivity contribution in [2.24, 2.45) is 0 Å². The van der Waals surface area contributed by atoms with Gasteiger partial charge in [-0.05, 0) is 80.6 Å². The van der Waals surface area contributed by atoms with E-state index in [4.69, 9.17) is 14.7 Å². The summed E-state index contributed by atoms with van der Waals surface area (Å²) >= 11 is 0. The molecule has 238 valence electrons. The zero-order valence-corrected chi connectivity index (χ0v) is 26.5. The Morgan fingerprint density at radius 1 is 0.957 bits per heavy atom. The van der Waals surface area contributed by atoms with Gasteiger partial charge < -0.3 is 19.5 Å². The van der Waals surface area contributed by atoms with E-state index in [1.54, 1.807) is 0 Å². The summed E-state index contributed by atoms with van der Waals surface area (Å²) in [4.78, 5) is 32.3. The lowest BCUT2D eigenvalue weighted by Crippen LogP contribution is -2.42. The fourth-order valence-corrected chi connectivity index (χ4v) is 7.18. The van der Waals surface area contributed by atoms with Gasteiger partial charge in [-0.1, -0.05) is 30.3 Å². The van der Waals surface area contributed by atoms with E-state index in [1.165, 1.54) is 16.8 Å². The number of para-hydroxylation sites is 1. The molecule has 1 aliphatic carbocycles. The fraction of sp³-hybridized carbons (Fsp3) is 0.405. The van der Waals surface area contributed by atoms with Gasteiger partial charge in [0.2, 0.25) is 5.91 Å². The molecule has 4 aromatic heterocycles. The minimum atomic E-state index is 0.127. The van der Waals surface area contributed by atoms with E-state index in [2.05, 4.69) is 68.3 Å². The minimum Gasteiger partial charge on any atom is -0.378 e. The first kappa shape index (κ1) is 30.5. The third-order valence-electron chi connectivity index (χ3n) is 9.47. The molecule has 5 aromatic rings. The van der Waals surface area contributed by atoms with Crippen LogP contribution in [0.2, 0.25) is 0 Å². The molecule has 1 N–H and O–H groups in total. The lowest BCUT2D eigenvalue weighted by atomic mass is 9.90. The molecule has 5 heterocycles. The summed E-state index contributed by atoms with van der Waals surface area (Å²) in [6.45, 7) is 6.18. The summed E-state index contributed by atoms with van der Waals surface area (Å²) in [5.74, 6) is 0.127. The van der Waals surface area contributed by atoms with Crippen LogP contribution in [0.1, 0.15) is 54.2 Å². The standard InChI is InChI=1S/C37H43N7O2/c45-35(42-20-22-46-23-21-42)27-44-33-12-2-1-11-30(33)31-14-18-40-32(37(31)44)26-43(34-13-5-9-29-10-7-17-41-36(29)34)19-4-3-15-38-24-28-8-6-16-39-25-28/h1-2,6-8,10-12,14,16-18,25,34,38H,3-5,9,13,15,19-24,26-27H2/t34-/m0/s1. The van der Waals surface area contributed by atoms with Crippen molar-refractivity contribution in [2.45, 2.75) is 57.8 Å². The zero-order valence-electron chi connectivity index (χ0n) is 26.5. The van der Waals surface area contributed by atoms with Crippen LogP contribution in [0.5, 0.6) is 0 Å². The van der Waals surface area contributed by atoms with Crippen molar-refractivity contribution < 1.29 is 9.53 Å². The number of carbonyl (C=O) groups is 1. The molecule has 0 radical (unpaired) electrons. The van der Waals surface area contributed by atoms with E-state index in [-0.39, 0.29) is 11.9 Å². The van der Waals surface area contributed by atoms with Gasteiger partial charge in [0.05, 0.1) is 36.2 Å². The summed E-state index contributed by atoms with van der Waals surface area (Å²) in [6, 6.07) is 19.2. The van der Waals surface area contributed by atoms with E-state index in [0.717, 1.165) is 79.2 Å². The molecular formula is C37H43N7O2. The lowest BCUT2D eigenvalue weighted by molar-refractivity contribution is -0.135. The van der Waals surface area contributed by atoms with Gasteiger partial charge >= 0.3 is 0 Å². The first-order chi connectivity index (χ1) is 22.8.